The van der Waals surface area contributed by atoms with Crippen LogP contribution in [0.15, 0.2) is 22.8 Å². The number of aryl methyl sites for hydroxylation is 1. The van der Waals surface area contributed by atoms with E-state index in [1.165, 1.54) is 0 Å². The largest absolute Gasteiger partial charge is 0.379 e. The Hall–Kier alpha value is -1.66. The summed E-state index contributed by atoms with van der Waals surface area (Å²) in [6.45, 7) is 1.95. The highest BCUT2D eigenvalue weighted by Gasteiger charge is 2.13. The number of nitrogens with one attached hydrogen (secondary N) is 1. The first-order chi connectivity index (χ1) is 8.08. The number of hydrogen-bond acceptors (Lipinski definition) is 5. The number of nitrogens with two attached hydrogens (primary N) is 1. The van der Waals surface area contributed by atoms with E-state index in [0.717, 1.165) is 5.56 Å². The molecule has 0 radical (unpaired) electrons. The number of halogens is 1. The fourth-order valence-electron chi connectivity index (χ4n) is 1.27. The van der Waals surface area contributed by atoms with E-state index >= 15 is 0 Å². The van der Waals surface area contributed by atoms with Crippen molar-refractivity contribution in [3.05, 3.63) is 34.5 Å². The van der Waals surface area contributed by atoms with Gasteiger partial charge >= 0.3 is 0 Å². The summed E-state index contributed by atoms with van der Waals surface area (Å²) >= 11 is 11.2. The van der Waals surface area contributed by atoms with E-state index in [9.17, 15) is 0 Å². The average molecular weight is 269 g/mol. The first kappa shape index (κ1) is 11.8. The second-order valence-corrected chi connectivity index (χ2v) is 4.25. The van der Waals surface area contributed by atoms with Crippen LogP contribution in [0.3, 0.4) is 0 Å². The van der Waals surface area contributed by atoms with Gasteiger partial charge in [0, 0.05) is 0 Å². The quantitative estimate of drug-likeness (QED) is 0.815. The molecule has 0 bridgehead atoms. The molecule has 3 N–H and O–H groups in total. The third-order valence-corrected chi connectivity index (χ3v) is 2.72. The Morgan fingerprint density at radius 1 is 1.47 bits per heavy atom. The summed E-state index contributed by atoms with van der Waals surface area (Å²) in [5.41, 5.74) is 7.59. The van der Waals surface area contributed by atoms with Crippen LogP contribution in [0.2, 0.25) is 5.02 Å². The highest BCUT2D eigenvalue weighted by molar-refractivity contribution is 7.81. The second kappa shape index (κ2) is 4.68. The number of benzene rings is 1. The van der Waals surface area contributed by atoms with Crippen LogP contribution in [0, 0.1) is 6.92 Å². The van der Waals surface area contributed by atoms with E-state index < -0.39 is 0 Å². The Labute approximate surface area is 108 Å². The number of nitrogens with zero attached hydrogens (tertiary/aromatic N) is 2. The number of nitrogen functional groups attached to an aromatic ring is 1. The van der Waals surface area contributed by atoms with Crippen molar-refractivity contribution in [1.29, 1.82) is 0 Å². The third-order valence-electron chi connectivity index (χ3n) is 2.10. The molecule has 1 heterocycles. The topological polar surface area (TPSA) is 77.0 Å². The van der Waals surface area contributed by atoms with Crippen molar-refractivity contribution in [2.75, 3.05) is 11.1 Å². The predicted octanol–water partition coefficient (Wildman–Crippen LogP) is 2.40. The SMILES string of the molecule is Cc1ccc(Cl)c(NC(=S)c2nonc2N)c1. The maximum Gasteiger partial charge on any atom is 0.198 e. The maximum atomic E-state index is 6.03. The zero-order chi connectivity index (χ0) is 12.4. The molecule has 7 heteroatoms. The summed E-state index contributed by atoms with van der Waals surface area (Å²) in [7, 11) is 0. The molecule has 0 unspecified atom stereocenters. The van der Waals surface area contributed by atoms with Gasteiger partial charge in [-0.2, -0.15) is 0 Å². The first-order valence-corrected chi connectivity index (χ1v) is 5.52. The number of thiocarbonyl (C=S) groups is 1. The highest BCUT2D eigenvalue weighted by Crippen LogP contribution is 2.23. The molecular formula is C10H9ClN4OS. The maximum absolute atomic E-state index is 6.03. The van der Waals surface area contributed by atoms with Gasteiger partial charge in [0.2, 0.25) is 0 Å². The van der Waals surface area contributed by atoms with Crippen molar-refractivity contribution in [2.24, 2.45) is 0 Å². The molecule has 0 saturated heterocycles. The van der Waals surface area contributed by atoms with Crippen molar-refractivity contribution < 1.29 is 4.63 Å². The van der Waals surface area contributed by atoms with Crippen molar-refractivity contribution in [3.8, 4) is 0 Å². The van der Waals surface area contributed by atoms with Gasteiger partial charge in [-0.05, 0) is 34.9 Å². The lowest BCUT2D eigenvalue weighted by Gasteiger charge is -2.08. The van der Waals surface area contributed by atoms with Crippen LogP contribution in [0.1, 0.15) is 11.3 Å². The Balaban J connectivity index is 2.24. The standard InChI is InChI=1S/C10H9ClN4OS/c1-5-2-3-6(11)7(4-5)13-10(17)8-9(12)15-16-14-8/h2-4H,1H3,(H2,12,15)(H,13,17). The predicted molar refractivity (Wildman–Crippen MR) is 70.2 cm³/mol. The molecule has 17 heavy (non-hydrogen) atoms. The van der Waals surface area contributed by atoms with Crippen LogP contribution in [0.25, 0.3) is 0 Å². The van der Waals surface area contributed by atoms with Crippen molar-refractivity contribution in [1.82, 2.24) is 10.3 Å². The van der Waals surface area contributed by atoms with Gasteiger partial charge < -0.3 is 11.1 Å². The molecule has 2 aromatic rings. The summed E-state index contributed by atoms with van der Waals surface area (Å²) in [6.07, 6.45) is 0. The lowest BCUT2D eigenvalue weighted by molar-refractivity contribution is 0.308. The molecule has 0 aliphatic rings. The van der Waals surface area contributed by atoms with Gasteiger partial charge in [-0.25, -0.2) is 4.63 Å². The summed E-state index contributed by atoms with van der Waals surface area (Å²) in [4.78, 5) is 0.316. The molecule has 2 rings (SSSR count). The van der Waals surface area contributed by atoms with E-state index in [-0.39, 0.29) is 5.82 Å². The molecule has 0 atom stereocenters. The highest BCUT2D eigenvalue weighted by atomic mass is 35.5. The van der Waals surface area contributed by atoms with Crippen LogP contribution in [0.4, 0.5) is 11.5 Å². The van der Waals surface area contributed by atoms with Gasteiger partial charge in [0.25, 0.3) is 0 Å². The number of hydrogen-bond donors (Lipinski definition) is 2. The Morgan fingerprint density at radius 3 is 2.88 bits per heavy atom. The van der Waals surface area contributed by atoms with Crippen LogP contribution < -0.4 is 11.1 Å². The van der Waals surface area contributed by atoms with Crippen LogP contribution in [-0.4, -0.2) is 15.3 Å². The number of anilines is 2. The average Bonchev–Trinajstić information content (AvgIpc) is 2.70. The van der Waals surface area contributed by atoms with E-state index in [1.54, 1.807) is 6.07 Å². The summed E-state index contributed by atoms with van der Waals surface area (Å²) in [5.74, 6) is 0.145. The molecule has 0 fully saturated rings. The van der Waals surface area contributed by atoms with Gasteiger partial charge in [0.1, 0.15) is 4.99 Å². The fourth-order valence-corrected chi connectivity index (χ4v) is 1.69. The van der Waals surface area contributed by atoms with Crippen LogP contribution >= 0.6 is 23.8 Å². The molecule has 5 nitrogen and oxygen atoms in total. The smallest absolute Gasteiger partial charge is 0.198 e. The fraction of sp³-hybridized carbons (Fsp3) is 0.100. The summed E-state index contributed by atoms with van der Waals surface area (Å²) < 4.78 is 4.47. The molecule has 0 aliphatic carbocycles. The van der Waals surface area contributed by atoms with Crippen molar-refractivity contribution in [2.45, 2.75) is 6.92 Å². The lowest BCUT2D eigenvalue weighted by Crippen LogP contribution is -2.13. The van der Waals surface area contributed by atoms with E-state index in [1.807, 2.05) is 19.1 Å². The first-order valence-electron chi connectivity index (χ1n) is 4.73. The zero-order valence-corrected chi connectivity index (χ0v) is 10.5. The molecule has 0 saturated carbocycles. The molecule has 0 aliphatic heterocycles. The minimum absolute atomic E-state index is 0.145. The van der Waals surface area contributed by atoms with E-state index in [0.29, 0.717) is 21.4 Å². The monoisotopic (exact) mass is 268 g/mol. The number of rotatable bonds is 2. The van der Waals surface area contributed by atoms with Crippen molar-refractivity contribution >= 4 is 40.3 Å². The molecule has 1 aromatic carbocycles. The molecule has 1 aromatic heterocycles. The molecule has 0 amide bonds. The minimum Gasteiger partial charge on any atom is -0.379 e. The van der Waals surface area contributed by atoms with Crippen molar-refractivity contribution in [3.63, 3.8) is 0 Å². The summed E-state index contributed by atoms with van der Waals surface area (Å²) in [6, 6.07) is 5.56. The normalized spacial score (nSPS) is 10.2. The van der Waals surface area contributed by atoms with Gasteiger partial charge in [-0.3, -0.25) is 0 Å². The lowest BCUT2D eigenvalue weighted by atomic mass is 10.2. The Kier molecular flexibility index (Phi) is 3.26. The van der Waals surface area contributed by atoms with E-state index in [2.05, 4.69) is 20.3 Å². The molecule has 88 valence electrons. The molecular weight excluding hydrogens is 260 g/mol. The van der Waals surface area contributed by atoms with Gasteiger partial charge in [-0.1, -0.05) is 29.9 Å². The number of aromatic nitrogens is 2. The Morgan fingerprint density at radius 2 is 2.24 bits per heavy atom. The van der Waals surface area contributed by atoms with E-state index in [4.69, 9.17) is 29.6 Å². The third kappa shape index (κ3) is 2.54. The van der Waals surface area contributed by atoms with Gasteiger partial charge in [-0.15, -0.1) is 0 Å². The van der Waals surface area contributed by atoms with Gasteiger partial charge in [0.05, 0.1) is 10.7 Å². The zero-order valence-electron chi connectivity index (χ0n) is 8.90. The molecule has 0 spiro atoms. The van der Waals surface area contributed by atoms with Crippen LogP contribution in [-0.2, 0) is 0 Å². The van der Waals surface area contributed by atoms with Gasteiger partial charge in [0.15, 0.2) is 11.5 Å². The second-order valence-electron chi connectivity index (χ2n) is 3.44. The Bertz CT molecular complexity index is 569. The van der Waals surface area contributed by atoms with Crippen LogP contribution in [0.5, 0.6) is 0 Å². The minimum atomic E-state index is 0.145. The summed E-state index contributed by atoms with van der Waals surface area (Å²) in [5, 5.41) is 10.6.